The molecule has 1 atom stereocenters. The van der Waals surface area contributed by atoms with Crippen LogP contribution in [0.15, 0.2) is 35.6 Å². The third-order valence-corrected chi connectivity index (χ3v) is 3.57. The fraction of sp³-hybridized carbons (Fsp3) is 0.429. The van der Waals surface area contributed by atoms with Crippen LogP contribution in [0.5, 0.6) is 0 Å². The maximum atomic E-state index is 12.6. The second-order valence-electron chi connectivity index (χ2n) is 5.86. The van der Waals surface area contributed by atoms with Gasteiger partial charge in [0.15, 0.2) is 5.41 Å². The number of allylic oxidation sites excluding steroid dienone is 3. The minimum atomic E-state index is -1.42. The van der Waals surface area contributed by atoms with E-state index < -0.39 is 15.9 Å². The molecule has 20 heavy (non-hydrogen) atoms. The van der Waals surface area contributed by atoms with Gasteiger partial charge in [0, 0.05) is 24.2 Å². The molecule has 6 nitrogen and oxygen atoms in total. The number of nitriles is 1. The molecule has 1 unspecified atom stereocenters. The van der Waals surface area contributed by atoms with Crippen LogP contribution in [-0.2, 0) is 4.79 Å². The van der Waals surface area contributed by atoms with Crippen molar-refractivity contribution in [3.8, 4) is 6.07 Å². The minimum Gasteiger partial charge on any atom is -0.332 e. The summed E-state index contributed by atoms with van der Waals surface area (Å²) in [6, 6.07) is 2.03. The van der Waals surface area contributed by atoms with Gasteiger partial charge in [-0.1, -0.05) is 6.08 Å². The number of nitrogens with zero attached hydrogens (tertiary/aromatic N) is 3. The molecule has 1 aliphatic carbocycles. The highest BCUT2D eigenvalue weighted by atomic mass is 16.6. The summed E-state index contributed by atoms with van der Waals surface area (Å²) in [5.41, 5.74) is -1.37. The molecule has 1 heterocycles. The fourth-order valence-corrected chi connectivity index (χ4v) is 2.35. The first kappa shape index (κ1) is 14.0. The molecule has 2 aliphatic rings. The number of hydrogen-bond acceptors (Lipinski definition) is 4. The predicted octanol–water partition coefficient (Wildman–Crippen LogP) is 1.79. The van der Waals surface area contributed by atoms with Gasteiger partial charge in [0.2, 0.25) is 0 Å². The predicted molar refractivity (Wildman–Crippen MR) is 71.8 cm³/mol. The number of nitro groups is 1. The summed E-state index contributed by atoms with van der Waals surface area (Å²) in [6.45, 7) is 5.99. The van der Waals surface area contributed by atoms with Crippen LogP contribution in [0.25, 0.3) is 0 Å². The molecule has 0 bridgehead atoms. The van der Waals surface area contributed by atoms with E-state index in [1.165, 1.54) is 24.3 Å². The van der Waals surface area contributed by atoms with Gasteiger partial charge < -0.3 is 4.90 Å². The zero-order chi connectivity index (χ0) is 15.1. The molecule has 6 heteroatoms. The Morgan fingerprint density at radius 2 is 2.10 bits per heavy atom. The molecular formula is C14H15N3O3. The lowest BCUT2D eigenvalue weighted by Gasteiger charge is -2.32. The highest BCUT2D eigenvalue weighted by Gasteiger charge is 2.52. The average molecular weight is 273 g/mol. The van der Waals surface area contributed by atoms with Crippen LogP contribution in [0.3, 0.4) is 0 Å². The Kier molecular flexibility index (Phi) is 3.01. The molecule has 0 aromatic heterocycles. The third-order valence-electron chi connectivity index (χ3n) is 3.57. The molecule has 104 valence electrons. The van der Waals surface area contributed by atoms with Crippen LogP contribution in [0.2, 0.25) is 0 Å². The van der Waals surface area contributed by atoms with Gasteiger partial charge in [0.25, 0.3) is 11.6 Å². The van der Waals surface area contributed by atoms with Crippen molar-refractivity contribution in [2.24, 2.45) is 5.41 Å². The monoisotopic (exact) mass is 273 g/mol. The first-order valence-electron chi connectivity index (χ1n) is 6.20. The number of rotatable bonds is 1. The summed E-state index contributed by atoms with van der Waals surface area (Å²) in [5, 5.41) is 20.3. The van der Waals surface area contributed by atoms with Crippen molar-refractivity contribution in [1.82, 2.24) is 4.90 Å². The van der Waals surface area contributed by atoms with Crippen molar-refractivity contribution < 1.29 is 9.72 Å². The molecule has 0 aromatic carbocycles. The van der Waals surface area contributed by atoms with Gasteiger partial charge in [0.1, 0.15) is 0 Å². The van der Waals surface area contributed by atoms with Gasteiger partial charge in [0.05, 0.1) is 11.0 Å². The lowest BCUT2D eigenvalue weighted by atomic mass is 9.83. The Balaban J connectivity index is 2.55. The van der Waals surface area contributed by atoms with Crippen molar-refractivity contribution in [1.29, 1.82) is 5.26 Å². The van der Waals surface area contributed by atoms with Gasteiger partial charge in [-0.2, -0.15) is 5.26 Å². The SMILES string of the molecule is CC(C)(C)N1CC2=CC=C([N+](=O)[O-])C=CC2(C#N)C1=O. The number of likely N-dealkylation sites (tertiary alicyclic amines) is 1. The van der Waals surface area contributed by atoms with E-state index in [9.17, 15) is 20.2 Å². The van der Waals surface area contributed by atoms with Crippen LogP contribution >= 0.6 is 0 Å². The van der Waals surface area contributed by atoms with Gasteiger partial charge in [-0.15, -0.1) is 0 Å². The lowest BCUT2D eigenvalue weighted by molar-refractivity contribution is -0.419. The van der Waals surface area contributed by atoms with Gasteiger partial charge >= 0.3 is 0 Å². The smallest absolute Gasteiger partial charge is 0.269 e. The highest BCUT2D eigenvalue weighted by Crippen LogP contribution is 2.42. The van der Waals surface area contributed by atoms with Crippen LogP contribution in [-0.4, -0.2) is 27.8 Å². The average Bonchev–Trinajstić information content (AvgIpc) is 2.53. The van der Waals surface area contributed by atoms with Gasteiger partial charge in [-0.3, -0.25) is 14.9 Å². The molecule has 1 saturated heterocycles. The van der Waals surface area contributed by atoms with E-state index in [0.29, 0.717) is 12.1 Å². The fourth-order valence-electron chi connectivity index (χ4n) is 2.35. The molecule has 2 rings (SSSR count). The number of carbonyl (C=O) groups excluding carboxylic acids is 1. The second-order valence-corrected chi connectivity index (χ2v) is 5.86. The lowest BCUT2D eigenvalue weighted by Crippen LogP contribution is -2.44. The molecule has 0 spiro atoms. The van der Waals surface area contributed by atoms with Crippen molar-refractivity contribution in [2.45, 2.75) is 26.3 Å². The molecule has 1 aliphatic heterocycles. The molecular weight excluding hydrogens is 258 g/mol. The zero-order valence-corrected chi connectivity index (χ0v) is 11.6. The van der Waals surface area contributed by atoms with Crippen molar-refractivity contribution in [2.75, 3.05) is 6.54 Å². The summed E-state index contributed by atoms with van der Waals surface area (Å²) < 4.78 is 0. The second kappa shape index (κ2) is 4.30. The quantitative estimate of drug-likeness (QED) is 0.538. The number of hydrogen-bond donors (Lipinski definition) is 0. The Morgan fingerprint density at radius 3 is 2.60 bits per heavy atom. The molecule has 0 aromatic rings. The summed E-state index contributed by atoms with van der Waals surface area (Å²) in [5.74, 6) is -0.326. The van der Waals surface area contributed by atoms with E-state index in [1.807, 2.05) is 26.8 Å². The molecule has 1 amide bonds. The van der Waals surface area contributed by atoms with Crippen LogP contribution in [0.1, 0.15) is 20.8 Å². The summed E-state index contributed by atoms with van der Waals surface area (Å²) in [7, 11) is 0. The molecule has 1 fully saturated rings. The van der Waals surface area contributed by atoms with Crippen molar-refractivity contribution >= 4 is 5.91 Å². The van der Waals surface area contributed by atoms with E-state index in [4.69, 9.17) is 0 Å². The van der Waals surface area contributed by atoms with Crippen LogP contribution in [0.4, 0.5) is 0 Å². The topological polar surface area (TPSA) is 87.2 Å². The Morgan fingerprint density at radius 1 is 1.45 bits per heavy atom. The maximum absolute atomic E-state index is 12.6. The molecule has 0 saturated carbocycles. The summed E-state index contributed by atoms with van der Waals surface area (Å²) >= 11 is 0. The van der Waals surface area contributed by atoms with E-state index in [0.717, 1.165) is 0 Å². The van der Waals surface area contributed by atoms with Crippen molar-refractivity contribution in [3.63, 3.8) is 0 Å². The van der Waals surface area contributed by atoms with Crippen LogP contribution < -0.4 is 0 Å². The third kappa shape index (κ3) is 1.92. The van der Waals surface area contributed by atoms with E-state index in [1.54, 1.807) is 4.90 Å². The normalized spacial score (nSPS) is 25.5. The summed E-state index contributed by atoms with van der Waals surface area (Å²) in [6.07, 6.45) is 5.43. The largest absolute Gasteiger partial charge is 0.332 e. The summed E-state index contributed by atoms with van der Waals surface area (Å²) in [4.78, 5) is 24.5. The Labute approximate surface area is 116 Å². The van der Waals surface area contributed by atoms with Crippen molar-refractivity contribution in [3.05, 3.63) is 45.7 Å². The molecule has 0 radical (unpaired) electrons. The number of amides is 1. The minimum absolute atomic E-state index is 0.128. The molecule has 0 N–H and O–H groups in total. The van der Waals surface area contributed by atoms with Gasteiger partial charge in [-0.05, 0) is 32.4 Å². The van der Waals surface area contributed by atoms with E-state index in [2.05, 4.69) is 0 Å². The Bertz CT molecular complexity index is 617. The van der Waals surface area contributed by atoms with Crippen LogP contribution in [0, 0.1) is 26.9 Å². The standard InChI is InChI=1S/C14H15N3O3/c1-13(2,3)16-8-10-4-5-11(17(19)20)6-7-14(10,9-15)12(16)18/h4-7H,8H2,1-3H3. The highest BCUT2D eigenvalue weighted by molar-refractivity contribution is 5.95. The zero-order valence-electron chi connectivity index (χ0n) is 11.6. The number of fused-ring (bicyclic) bond motifs is 1. The van der Waals surface area contributed by atoms with Gasteiger partial charge in [-0.25, -0.2) is 0 Å². The number of carbonyl (C=O) groups is 1. The van der Waals surface area contributed by atoms with E-state index in [-0.39, 0.29) is 11.6 Å². The first-order valence-corrected chi connectivity index (χ1v) is 6.20. The Hall–Kier alpha value is -2.42. The van der Waals surface area contributed by atoms with E-state index >= 15 is 0 Å². The maximum Gasteiger partial charge on any atom is 0.269 e. The first-order chi connectivity index (χ1) is 9.22.